The van der Waals surface area contributed by atoms with Crippen LogP contribution in [0.15, 0.2) is 42.5 Å². The molecule has 3 rings (SSSR count). The molecule has 0 spiro atoms. The number of para-hydroxylation sites is 1. The third-order valence-corrected chi connectivity index (χ3v) is 3.76. The second-order valence-corrected chi connectivity index (χ2v) is 5.17. The summed E-state index contributed by atoms with van der Waals surface area (Å²) in [5.41, 5.74) is 2.01. The molecule has 2 aromatic carbocycles. The highest BCUT2D eigenvalue weighted by atomic mass is 35.5. The van der Waals surface area contributed by atoms with Crippen LogP contribution in [0.4, 0.5) is 5.69 Å². The van der Waals surface area contributed by atoms with Crippen molar-refractivity contribution < 1.29 is 4.79 Å². The molecule has 1 amide bonds. The zero-order valence-electron chi connectivity index (χ0n) is 10.8. The van der Waals surface area contributed by atoms with Gasteiger partial charge in [0.1, 0.15) is 12.1 Å². The molecule has 0 atom stereocenters. The Labute approximate surface area is 130 Å². The van der Waals surface area contributed by atoms with E-state index in [0.717, 1.165) is 11.0 Å². The molecule has 0 unspecified atom stereocenters. The molecule has 0 radical (unpaired) electrons. The number of carbonyl (C=O) groups is 1. The van der Waals surface area contributed by atoms with E-state index in [1.807, 2.05) is 24.3 Å². The fourth-order valence-electron chi connectivity index (χ4n) is 1.96. The third kappa shape index (κ3) is 2.84. The molecular formula is C14H10Cl2N4O. The summed E-state index contributed by atoms with van der Waals surface area (Å²) in [4.78, 5) is 12.1. The van der Waals surface area contributed by atoms with Gasteiger partial charge in [-0.05, 0) is 24.3 Å². The number of rotatable bonds is 3. The summed E-state index contributed by atoms with van der Waals surface area (Å²) in [7, 11) is 0. The van der Waals surface area contributed by atoms with E-state index in [-0.39, 0.29) is 12.5 Å². The normalized spacial score (nSPS) is 10.8. The van der Waals surface area contributed by atoms with Gasteiger partial charge < -0.3 is 5.32 Å². The predicted molar refractivity (Wildman–Crippen MR) is 82.6 cm³/mol. The van der Waals surface area contributed by atoms with Crippen molar-refractivity contribution in [2.24, 2.45) is 0 Å². The van der Waals surface area contributed by atoms with E-state index in [1.54, 1.807) is 18.2 Å². The summed E-state index contributed by atoms with van der Waals surface area (Å²) in [6.07, 6.45) is 0. The molecule has 0 aliphatic carbocycles. The van der Waals surface area contributed by atoms with Crippen LogP contribution in [0.3, 0.4) is 0 Å². The molecule has 0 bridgehead atoms. The summed E-state index contributed by atoms with van der Waals surface area (Å²) < 4.78 is 1.53. The standard InChI is InChI=1S/C14H10Cl2N4O/c15-9-4-3-6-11(14(9)16)17-13(21)8-20-12-7-2-1-5-10(12)18-19-20/h1-7H,8H2,(H,17,21). The Morgan fingerprint density at radius 2 is 1.95 bits per heavy atom. The molecule has 3 aromatic rings. The Kier molecular flexibility index (Phi) is 3.77. The first-order chi connectivity index (χ1) is 10.1. The summed E-state index contributed by atoms with van der Waals surface area (Å²) in [5.74, 6) is -0.255. The number of amides is 1. The fraction of sp³-hybridized carbons (Fsp3) is 0.0714. The molecule has 1 heterocycles. The maximum absolute atomic E-state index is 12.1. The largest absolute Gasteiger partial charge is 0.323 e. The quantitative estimate of drug-likeness (QED) is 0.804. The number of halogens is 2. The summed E-state index contributed by atoms with van der Waals surface area (Å²) in [6, 6.07) is 12.5. The van der Waals surface area contributed by atoms with Crippen LogP contribution in [0.2, 0.25) is 10.0 Å². The first-order valence-electron chi connectivity index (χ1n) is 6.17. The zero-order valence-corrected chi connectivity index (χ0v) is 12.3. The third-order valence-electron chi connectivity index (χ3n) is 2.94. The lowest BCUT2D eigenvalue weighted by Crippen LogP contribution is -2.19. The maximum Gasteiger partial charge on any atom is 0.246 e. The number of anilines is 1. The molecule has 7 heteroatoms. The molecule has 0 saturated heterocycles. The maximum atomic E-state index is 12.1. The Balaban J connectivity index is 1.79. The number of hydrogen-bond donors (Lipinski definition) is 1. The molecule has 1 aromatic heterocycles. The number of fused-ring (bicyclic) bond motifs is 1. The minimum absolute atomic E-state index is 0.0450. The topological polar surface area (TPSA) is 59.8 Å². The molecule has 0 saturated carbocycles. The fourth-order valence-corrected chi connectivity index (χ4v) is 2.31. The van der Waals surface area contributed by atoms with Gasteiger partial charge in [-0.15, -0.1) is 5.10 Å². The van der Waals surface area contributed by atoms with Gasteiger partial charge in [0.05, 0.1) is 21.2 Å². The van der Waals surface area contributed by atoms with Gasteiger partial charge in [0, 0.05) is 0 Å². The number of benzene rings is 2. The van der Waals surface area contributed by atoms with Crippen LogP contribution >= 0.6 is 23.2 Å². The van der Waals surface area contributed by atoms with Crippen molar-refractivity contribution in [3.8, 4) is 0 Å². The number of hydrogen-bond acceptors (Lipinski definition) is 3. The van der Waals surface area contributed by atoms with Crippen molar-refractivity contribution in [2.45, 2.75) is 6.54 Å². The van der Waals surface area contributed by atoms with Gasteiger partial charge in [-0.1, -0.05) is 46.6 Å². The molecule has 106 valence electrons. The van der Waals surface area contributed by atoms with E-state index in [4.69, 9.17) is 23.2 Å². The van der Waals surface area contributed by atoms with Crippen molar-refractivity contribution in [3.05, 3.63) is 52.5 Å². The average molecular weight is 321 g/mol. The molecule has 0 aliphatic heterocycles. The Morgan fingerprint density at radius 3 is 2.81 bits per heavy atom. The average Bonchev–Trinajstić information content (AvgIpc) is 2.87. The highest BCUT2D eigenvalue weighted by Gasteiger charge is 2.11. The van der Waals surface area contributed by atoms with Crippen LogP contribution in [0.5, 0.6) is 0 Å². The number of carbonyl (C=O) groups excluding carboxylic acids is 1. The van der Waals surface area contributed by atoms with E-state index in [2.05, 4.69) is 15.6 Å². The second kappa shape index (κ2) is 5.71. The molecular weight excluding hydrogens is 311 g/mol. The minimum atomic E-state index is -0.255. The Hall–Kier alpha value is -2.11. The summed E-state index contributed by atoms with van der Waals surface area (Å²) >= 11 is 11.9. The minimum Gasteiger partial charge on any atom is -0.323 e. The Bertz CT molecular complexity index is 816. The van der Waals surface area contributed by atoms with E-state index in [1.165, 1.54) is 4.68 Å². The van der Waals surface area contributed by atoms with Gasteiger partial charge in [-0.3, -0.25) is 4.79 Å². The predicted octanol–water partition coefficient (Wildman–Crippen LogP) is 3.38. The van der Waals surface area contributed by atoms with E-state index >= 15 is 0 Å². The number of nitrogens with zero attached hydrogens (tertiary/aromatic N) is 3. The van der Waals surface area contributed by atoms with Crippen LogP contribution in [-0.2, 0) is 11.3 Å². The highest BCUT2D eigenvalue weighted by Crippen LogP contribution is 2.29. The lowest BCUT2D eigenvalue weighted by molar-refractivity contribution is -0.116. The van der Waals surface area contributed by atoms with Crippen LogP contribution < -0.4 is 5.32 Å². The SMILES string of the molecule is O=C(Cn1nnc2ccccc21)Nc1cccc(Cl)c1Cl. The van der Waals surface area contributed by atoms with Crippen molar-refractivity contribution in [1.82, 2.24) is 15.0 Å². The first-order valence-corrected chi connectivity index (χ1v) is 6.93. The highest BCUT2D eigenvalue weighted by molar-refractivity contribution is 6.43. The van der Waals surface area contributed by atoms with Gasteiger partial charge in [0.25, 0.3) is 0 Å². The zero-order chi connectivity index (χ0) is 14.8. The van der Waals surface area contributed by atoms with Crippen molar-refractivity contribution >= 4 is 45.8 Å². The van der Waals surface area contributed by atoms with Crippen molar-refractivity contribution in [3.63, 3.8) is 0 Å². The van der Waals surface area contributed by atoms with Gasteiger partial charge in [-0.2, -0.15) is 0 Å². The lowest BCUT2D eigenvalue weighted by atomic mass is 10.3. The van der Waals surface area contributed by atoms with Gasteiger partial charge in [-0.25, -0.2) is 4.68 Å². The second-order valence-electron chi connectivity index (χ2n) is 4.39. The molecule has 1 N–H and O–H groups in total. The van der Waals surface area contributed by atoms with Crippen LogP contribution in [0, 0.1) is 0 Å². The summed E-state index contributed by atoms with van der Waals surface area (Å²) in [5, 5.41) is 11.4. The van der Waals surface area contributed by atoms with Crippen LogP contribution in [0.25, 0.3) is 11.0 Å². The number of nitrogens with one attached hydrogen (secondary N) is 1. The molecule has 0 fully saturated rings. The number of aromatic nitrogens is 3. The van der Waals surface area contributed by atoms with E-state index < -0.39 is 0 Å². The van der Waals surface area contributed by atoms with E-state index in [9.17, 15) is 4.79 Å². The first kappa shape index (κ1) is 13.9. The molecule has 0 aliphatic rings. The van der Waals surface area contributed by atoms with Crippen LogP contribution in [0.1, 0.15) is 0 Å². The van der Waals surface area contributed by atoms with Crippen molar-refractivity contribution in [2.75, 3.05) is 5.32 Å². The molecule has 5 nitrogen and oxygen atoms in total. The van der Waals surface area contributed by atoms with E-state index in [0.29, 0.717) is 15.7 Å². The van der Waals surface area contributed by atoms with Gasteiger partial charge in [0.2, 0.25) is 5.91 Å². The van der Waals surface area contributed by atoms with Gasteiger partial charge >= 0.3 is 0 Å². The lowest BCUT2D eigenvalue weighted by Gasteiger charge is -2.08. The monoisotopic (exact) mass is 320 g/mol. The van der Waals surface area contributed by atoms with Crippen LogP contribution in [-0.4, -0.2) is 20.9 Å². The van der Waals surface area contributed by atoms with Gasteiger partial charge in [0.15, 0.2) is 0 Å². The smallest absolute Gasteiger partial charge is 0.246 e. The van der Waals surface area contributed by atoms with Crippen molar-refractivity contribution in [1.29, 1.82) is 0 Å². The molecule has 21 heavy (non-hydrogen) atoms. The Morgan fingerprint density at radius 1 is 1.14 bits per heavy atom. The summed E-state index contributed by atoms with van der Waals surface area (Å²) in [6.45, 7) is 0.0450.